The van der Waals surface area contributed by atoms with E-state index in [1.54, 1.807) is 0 Å². The van der Waals surface area contributed by atoms with E-state index < -0.39 is 11.6 Å². The highest BCUT2D eigenvalue weighted by atomic mass is 19.1. The molecule has 0 nitrogen and oxygen atoms in total. The van der Waals surface area contributed by atoms with E-state index >= 15 is 0 Å². The van der Waals surface area contributed by atoms with Crippen LogP contribution in [0.3, 0.4) is 0 Å². The number of allylic oxidation sites excluding steroid dienone is 1. The summed E-state index contributed by atoms with van der Waals surface area (Å²) in [4.78, 5) is 0. The standard InChI is InChI=1S/C35H28F2/c1-3-5-7-27-10-14-28(15-11-27)16-17-30-18-21-31(22-19-30)32-24-34(36)33(35(37)25-32)23-20-29-12-8-26(6-4-2)9-13-29/h3,8-15,18-19,21-22,24-25H,1,4-7H2,2H3. The number of aryl methyl sites for hydroxylation is 2. The summed E-state index contributed by atoms with van der Waals surface area (Å²) in [7, 11) is 0. The van der Waals surface area contributed by atoms with Crippen LogP contribution in [-0.2, 0) is 12.8 Å². The number of benzene rings is 4. The fourth-order valence-corrected chi connectivity index (χ4v) is 3.95. The molecule has 0 aliphatic carbocycles. The van der Waals surface area contributed by atoms with Crippen LogP contribution in [0.25, 0.3) is 11.1 Å². The van der Waals surface area contributed by atoms with Crippen LogP contribution >= 0.6 is 0 Å². The van der Waals surface area contributed by atoms with Crippen LogP contribution in [-0.4, -0.2) is 0 Å². The smallest absolute Gasteiger partial charge is 0.142 e. The molecular formula is C35H28F2. The summed E-state index contributed by atoms with van der Waals surface area (Å²) in [6, 6.07) is 25.9. The van der Waals surface area contributed by atoms with Crippen LogP contribution in [0, 0.1) is 35.3 Å². The second-order valence-corrected chi connectivity index (χ2v) is 8.86. The average Bonchev–Trinajstić information content (AvgIpc) is 2.92. The second-order valence-electron chi connectivity index (χ2n) is 8.86. The van der Waals surface area contributed by atoms with E-state index in [0.29, 0.717) is 11.1 Å². The van der Waals surface area contributed by atoms with Gasteiger partial charge in [-0.15, -0.1) is 6.58 Å². The first-order valence-corrected chi connectivity index (χ1v) is 12.5. The van der Waals surface area contributed by atoms with Gasteiger partial charge >= 0.3 is 0 Å². The third-order valence-corrected chi connectivity index (χ3v) is 6.03. The van der Waals surface area contributed by atoms with Crippen molar-refractivity contribution in [2.45, 2.75) is 32.6 Å². The molecule has 37 heavy (non-hydrogen) atoms. The summed E-state index contributed by atoms with van der Waals surface area (Å²) in [6.45, 7) is 5.88. The van der Waals surface area contributed by atoms with Crippen molar-refractivity contribution in [3.05, 3.63) is 143 Å². The predicted octanol–water partition coefficient (Wildman–Crippen LogP) is 8.50. The number of hydrogen-bond acceptors (Lipinski definition) is 0. The molecule has 2 heteroatoms. The highest BCUT2D eigenvalue weighted by Crippen LogP contribution is 2.24. The maximum atomic E-state index is 14.8. The molecule has 4 rings (SSSR count). The Bertz CT molecular complexity index is 1460. The quantitative estimate of drug-likeness (QED) is 0.189. The third kappa shape index (κ3) is 7.07. The molecule has 0 radical (unpaired) electrons. The van der Waals surface area contributed by atoms with Crippen molar-refractivity contribution in [2.24, 2.45) is 0 Å². The molecule has 182 valence electrons. The van der Waals surface area contributed by atoms with E-state index in [9.17, 15) is 8.78 Å². The Balaban J connectivity index is 1.47. The lowest BCUT2D eigenvalue weighted by Crippen LogP contribution is -1.93. The van der Waals surface area contributed by atoms with Gasteiger partial charge in [-0.2, -0.15) is 0 Å². The first-order valence-electron chi connectivity index (χ1n) is 12.5. The molecule has 0 fully saturated rings. The van der Waals surface area contributed by atoms with E-state index in [-0.39, 0.29) is 5.56 Å². The number of halogens is 2. The van der Waals surface area contributed by atoms with Crippen molar-refractivity contribution in [1.82, 2.24) is 0 Å². The normalized spacial score (nSPS) is 10.1. The Labute approximate surface area is 218 Å². The fourth-order valence-electron chi connectivity index (χ4n) is 3.95. The topological polar surface area (TPSA) is 0 Å². The maximum absolute atomic E-state index is 14.8. The molecule has 4 aromatic carbocycles. The van der Waals surface area contributed by atoms with Gasteiger partial charge in [0.15, 0.2) is 0 Å². The molecule has 0 aliphatic rings. The Morgan fingerprint density at radius 3 is 1.57 bits per heavy atom. The average molecular weight is 487 g/mol. The Hall–Kier alpha value is -4.40. The van der Waals surface area contributed by atoms with Crippen molar-refractivity contribution in [2.75, 3.05) is 0 Å². The Morgan fingerprint density at radius 2 is 1.08 bits per heavy atom. The summed E-state index contributed by atoms with van der Waals surface area (Å²) in [6.07, 6.45) is 5.90. The van der Waals surface area contributed by atoms with E-state index in [4.69, 9.17) is 0 Å². The lowest BCUT2D eigenvalue weighted by molar-refractivity contribution is 0.578. The molecule has 0 unspecified atom stereocenters. The Kier molecular flexibility index (Phi) is 8.70. The van der Waals surface area contributed by atoms with Crippen LogP contribution in [0.4, 0.5) is 8.78 Å². The zero-order valence-electron chi connectivity index (χ0n) is 21.0. The van der Waals surface area contributed by atoms with Gasteiger partial charge in [-0.05, 0) is 90.0 Å². The molecule has 0 saturated heterocycles. The molecule has 0 atom stereocenters. The van der Waals surface area contributed by atoms with Crippen molar-refractivity contribution < 1.29 is 8.78 Å². The van der Waals surface area contributed by atoms with Crippen LogP contribution in [0.15, 0.2) is 97.6 Å². The first kappa shape index (κ1) is 25.7. The largest absolute Gasteiger partial charge is 0.205 e. The zero-order valence-corrected chi connectivity index (χ0v) is 21.0. The van der Waals surface area contributed by atoms with Crippen molar-refractivity contribution in [3.63, 3.8) is 0 Å². The van der Waals surface area contributed by atoms with E-state index in [0.717, 1.165) is 42.4 Å². The van der Waals surface area contributed by atoms with E-state index in [1.807, 2.05) is 66.7 Å². The lowest BCUT2D eigenvalue weighted by Gasteiger charge is -2.05. The van der Waals surface area contributed by atoms with Gasteiger partial charge in [0.25, 0.3) is 0 Å². The molecule has 0 N–H and O–H groups in total. The zero-order chi connectivity index (χ0) is 26.0. The Morgan fingerprint density at radius 1 is 0.622 bits per heavy atom. The van der Waals surface area contributed by atoms with Gasteiger partial charge in [0, 0.05) is 16.7 Å². The molecule has 4 aromatic rings. The number of rotatable bonds is 6. The summed E-state index contributed by atoms with van der Waals surface area (Å²) < 4.78 is 29.6. The summed E-state index contributed by atoms with van der Waals surface area (Å²) in [5, 5.41) is 0. The van der Waals surface area contributed by atoms with Crippen molar-refractivity contribution in [3.8, 4) is 34.8 Å². The van der Waals surface area contributed by atoms with Crippen molar-refractivity contribution >= 4 is 0 Å². The van der Waals surface area contributed by atoms with Gasteiger partial charge in [-0.1, -0.05) is 79.5 Å². The van der Waals surface area contributed by atoms with Gasteiger partial charge in [-0.3, -0.25) is 0 Å². The highest BCUT2D eigenvalue weighted by Gasteiger charge is 2.10. The monoisotopic (exact) mass is 486 g/mol. The third-order valence-electron chi connectivity index (χ3n) is 6.03. The summed E-state index contributed by atoms with van der Waals surface area (Å²) in [5.41, 5.74) is 5.91. The minimum atomic E-state index is -0.675. The minimum Gasteiger partial charge on any atom is -0.205 e. The molecule has 0 aliphatic heterocycles. The molecule has 0 amide bonds. The molecule has 0 bridgehead atoms. The molecular weight excluding hydrogens is 458 g/mol. The van der Waals surface area contributed by atoms with Crippen LogP contribution < -0.4 is 0 Å². The molecule has 0 saturated carbocycles. The van der Waals surface area contributed by atoms with Crippen LogP contribution in [0.5, 0.6) is 0 Å². The lowest BCUT2D eigenvalue weighted by atomic mass is 10.0. The van der Waals surface area contributed by atoms with E-state index in [2.05, 4.69) is 49.3 Å². The van der Waals surface area contributed by atoms with Gasteiger partial charge in [0.05, 0.1) is 5.56 Å². The maximum Gasteiger partial charge on any atom is 0.142 e. The molecule has 0 spiro atoms. The minimum absolute atomic E-state index is 0.223. The second kappa shape index (κ2) is 12.5. The summed E-state index contributed by atoms with van der Waals surface area (Å²) in [5.74, 6) is 10.5. The fraction of sp³-hybridized carbons (Fsp3) is 0.143. The highest BCUT2D eigenvalue weighted by molar-refractivity contribution is 5.66. The van der Waals surface area contributed by atoms with Gasteiger partial charge in [0.2, 0.25) is 0 Å². The SMILES string of the molecule is C=CCCc1ccc(C#Cc2ccc(-c3cc(F)c(C#Cc4ccc(CCC)cc4)c(F)c3)cc2)cc1. The van der Waals surface area contributed by atoms with E-state index in [1.165, 1.54) is 23.3 Å². The first-order chi connectivity index (χ1) is 18.1. The van der Waals surface area contributed by atoms with Crippen LogP contribution in [0.1, 0.15) is 53.1 Å². The van der Waals surface area contributed by atoms with Gasteiger partial charge in [-0.25, -0.2) is 8.78 Å². The van der Waals surface area contributed by atoms with Crippen molar-refractivity contribution in [1.29, 1.82) is 0 Å². The van der Waals surface area contributed by atoms with Gasteiger partial charge in [0.1, 0.15) is 11.6 Å². The number of hydrogen-bond donors (Lipinski definition) is 0. The molecule has 0 aromatic heterocycles. The van der Waals surface area contributed by atoms with Crippen LogP contribution in [0.2, 0.25) is 0 Å². The van der Waals surface area contributed by atoms with Gasteiger partial charge < -0.3 is 0 Å². The predicted molar refractivity (Wildman–Crippen MR) is 149 cm³/mol. The molecule has 0 heterocycles. The summed E-state index contributed by atoms with van der Waals surface area (Å²) >= 11 is 0.